The third-order valence-corrected chi connectivity index (χ3v) is 6.88. The van der Waals surface area contributed by atoms with Gasteiger partial charge in [-0.2, -0.15) is 0 Å². The molecule has 0 aromatic heterocycles. The van der Waals surface area contributed by atoms with Gasteiger partial charge in [-0.25, -0.2) is 14.4 Å². The Labute approximate surface area is 292 Å². The van der Waals surface area contributed by atoms with Crippen LogP contribution in [0.1, 0.15) is 42.6 Å². The summed E-state index contributed by atoms with van der Waals surface area (Å²) in [5.74, 6) is 1.93. The number of carbonyl (C=O) groups is 6. The van der Waals surface area contributed by atoms with Crippen molar-refractivity contribution in [3.05, 3.63) is 63.7 Å². The summed E-state index contributed by atoms with van der Waals surface area (Å²) < 4.78 is 10.2. The second kappa shape index (κ2) is 19.9. The molecule has 2 rings (SSSR count). The zero-order valence-corrected chi connectivity index (χ0v) is 27.7. The van der Waals surface area contributed by atoms with Gasteiger partial charge in [-0.3, -0.25) is 24.5 Å². The molecule has 0 saturated heterocycles. The molecule has 0 bridgehead atoms. The number of nitro groups is 1. The lowest BCUT2D eigenvalue weighted by atomic mass is 10.0. The number of carbonyl (C=O) groups excluding carboxylic acids is 5. The molecule has 7 N–H and O–H groups in total. The molecule has 2 atom stereocenters. The zero-order valence-electron chi connectivity index (χ0n) is 27.7. The van der Waals surface area contributed by atoms with Gasteiger partial charge >= 0.3 is 18.3 Å². The fraction of sp³-hybridized carbons (Fsp3) is 0.333. The van der Waals surface area contributed by atoms with Gasteiger partial charge in [0.2, 0.25) is 11.8 Å². The van der Waals surface area contributed by atoms with Crippen molar-refractivity contribution in [1.82, 2.24) is 20.9 Å². The molecule has 18 nitrogen and oxygen atoms in total. The van der Waals surface area contributed by atoms with Gasteiger partial charge in [-0.05, 0) is 43.0 Å². The maximum Gasteiger partial charge on any atom is 0.514 e. The number of terminal acetylenes is 2. The summed E-state index contributed by atoms with van der Waals surface area (Å²) >= 11 is 0. The minimum Gasteiger partial charge on any atom is -0.465 e. The van der Waals surface area contributed by atoms with Crippen LogP contribution in [-0.4, -0.2) is 82.6 Å². The maximum absolute atomic E-state index is 13.6. The molecule has 0 fully saturated rings. The van der Waals surface area contributed by atoms with Gasteiger partial charge in [-0.15, -0.1) is 12.8 Å². The first kappa shape index (κ1) is 40.4. The Morgan fingerprint density at radius 3 is 2.20 bits per heavy atom. The van der Waals surface area contributed by atoms with Crippen LogP contribution in [0.3, 0.4) is 0 Å². The van der Waals surface area contributed by atoms with Crippen LogP contribution in [-0.2, 0) is 20.9 Å². The summed E-state index contributed by atoms with van der Waals surface area (Å²) in [4.78, 5) is 86.3. The largest absolute Gasteiger partial charge is 0.514 e. The number of carboxylic acid groups (broad SMARTS) is 1. The number of hydrogen-bond acceptors (Lipinski definition) is 10. The Kier molecular flexibility index (Phi) is 15.7. The molecule has 2 aromatic carbocycles. The molecule has 0 radical (unpaired) electrons. The highest BCUT2D eigenvalue weighted by Crippen LogP contribution is 2.22. The number of urea groups is 1. The molecule has 0 spiro atoms. The molecule has 51 heavy (non-hydrogen) atoms. The fourth-order valence-electron chi connectivity index (χ4n) is 4.41. The van der Waals surface area contributed by atoms with E-state index in [9.17, 15) is 44.0 Å². The maximum atomic E-state index is 13.6. The van der Waals surface area contributed by atoms with E-state index in [0.717, 1.165) is 17.0 Å². The average molecular weight is 708 g/mol. The summed E-state index contributed by atoms with van der Waals surface area (Å²) in [6.45, 7) is 2.41. The average Bonchev–Trinajstić information content (AvgIpc) is 3.07. The normalized spacial score (nSPS) is 11.4. The highest BCUT2D eigenvalue weighted by atomic mass is 16.7. The Morgan fingerprint density at radius 2 is 1.65 bits per heavy atom. The lowest BCUT2D eigenvalue weighted by molar-refractivity contribution is -0.384. The third kappa shape index (κ3) is 13.3. The first-order valence-electron chi connectivity index (χ1n) is 15.2. The van der Waals surface area contributed by atoms with Crippen molar-refractivity contribution in [3.8, 4) is 30.4 Å². The van der Waals surface area contributed by atoms with Gasteiger partial charge in [0.1, 0.15) is 24.4 Å². The smallest absolute Gasteiger partial charge is 0.465 e. The van der Waals surface area contributed by atoms with Crippen molar-refractivity contribution >= 4 is 47.4 Å². The standard InChI is InChI=1S/C33H37N7O11/c1-5-16-39(17-6-2)30(43)25-18-22(10-9-21(25)19-50-33(47)51-24-13-11-23(12-14-24)40(48)49)36-28(41)26(8-7-15-35-31(34)44)37-29(42)27(20(3)4)38-32(45)46/h1-2,9-14,18,20,26-27,38H,7-8,15-17,19H2,3-4H3,(H,36,41)(H,37,42)(H,45,46)(H3,34,35,44). The second-order valence-electron chi connectivity index (χ2n) is 11.0. The predicted octanol–water partition coefficient (Wildman–Crippen LogP) is 2.18. The quantitative estimate of drug-likeness (QED) is 0.0347. The van der Waals surface area contributed by atoms with Crippen LogP contribution in [0.2, 0.25) is 0 Å². The number of hydrogen-bond donors (Lipinski definition) is 6. The number of amides is 6. The summed E-state index contributed by atoms with van der Waals surface area (Å²) in [6, 6.07) is 5.45. The summed E-state index contributed by atoms with van der Waals surface area (Å²) in [5, 5.41) is 29.7. The summed E-state index contributed by atoms with van der Waals surface area (Å²) in [7, 11) is 0. The number of anilines is 1. The summed E-state index contributed by atoms with van der Waals surface area (Å²) in [6.07, 6.45) is 8.38. The van der Waals surface area contributed by atoms with Crippen LogP contribution in [0.15, 0.2) is 42.5 Å². The number of ether oxygens (including phenoxy) is 2. The third-order valence-electron chi connectivity index (χ3n) is 6.88. The molecule has 0 aliphatic carbocycles. The van der Waals surface area contributed by atoms with E-state index in [0.29, 0.717) is 0 Å². The van der Waals surface area contributed by atoms with Gasteiger partial charge in [0.25, 0.3) is 11.6 Å². The molecule has 270 valence electrons. The number of non-ortho nitro benzene ring substituents is 1. The first-order chi connectivity index (χ1) is 24.2. The van der Waals surface area contributed by atoms with Gasteiger partial charge in [0.05, 0.1) is 18.0 Å². The van der Waals surface area contributed by atoms with E-state index < -0.39 is 65.5 Å². The topological polar surface area (TPSA) is 262 Å². The SMILES string of the molecule is C#CCN(CC#C)C(=O)c1cc(NC(=O)C(CCCNC(N)=O)NC(=O)C(NC(=O)O)C(C)C)ccc1COC(=O)Oc1ccc([N+](=O)[O-])cc1. The Balaban J connectivity index is 2.36. The van der Waals surface area contributed by atoms with Crippen LogP contribution in [0.25, 0.3) is 0 Å². The monoisotopic (exact) mass is 707 g/mol. The Bertz CT molecular complexity index is 1680. The molecule has 0 saturated carbocycles. The number of nitro benzene ring substituents is 1. The summed E-state index contributed by atoms with van der Waals surface area (Å²) in [5.41, 5.74) is 5.02. The molecule has 0 aliphatic rings. The highest BCUT2D eigenvalue weighted by Gasteiger charge is 2.29. The van der Waals surface area contributed by atoms with Crippen molar-refractivity contribution in [2.45, 2.75) is 45.4 Å². The van der Waals surface area contributed by atoms with Gasteiger partial charge in [0.15, 0.2) is 0 Å². The van der Waals surface area contributed by atoms with Crippen molar-refractivity contribution in [1.29, 1.82) is 0 Å². The number of nitrogens with zero attached hydrogens (tertiary/aromatic N) is 2. The molecule has 2 aromatic rings. The molecule has 2 unspecified atom stereocenters. The van der Waals surface area contributed by atoms with Crippen LogP contribution < -0.4 is 31.7 Å². The molecular weight excluding hydrogens is 670 g/mol. The number of nitrogens with one attached hydrogen (secondary N) is 4. The van der Waals surface area contributed by atoms with Gasteiger partial charge < -0.3 is 46.5 Å². The van der Waals surface area contributed by atoms with Crippen LogP contribution in [0.5, 0.6) is 5.75 Å². The van der Waals surface area contributed by atoms with E-state index in [1.807, 2.05) is 0 Å². The number of nitrogens with two attached hydrogens (primary N) is 1. The molecular formula is C33H37N7O11. The number of benzene rings is 2. The van der Waals surface area contributed by atoms with Gasteiger partial charge in [-0.1, -0.05) is 31.8 Å². The molecule has 0 heterocycles. The first-order valence-corrected chi connectivity index (χ1v) is 15.2. The van der Waals surface area contributed by atoms with E-state index in [1.165, 1.54) is 30.3 Å². The van der Waals surface area contributed by atoms with Crippen LogP contribution >= 0.6 is 0 Å². The van der Waals surface area contributed by atoms with E-state index >= 15 is 0 Å². The van der Waals surface area contributed by atoms with E-state index in [4.69, 9.17) is 28.1 Å². The highest BCUT2D eigenvalue weighted by molar-refractivity contribution is 6.01. The van der Waals surface area contributed by atoms with E-state index in [-0.39, 0.29) is 60.7 Å². The lowest BCUT2D eigenvalue weighted by Gasteiger charge is -2.25. The van der Waals surface area contributed by atoms with Crippen LogP contribution in [0.4, 0.5) is 25.8 Å². The van der Waals surface area contributed by atoms with Crippen molar-refractivity contribution in [2.75, 3.05) is 25.0 Å². The van der Waals surface area contributed by atoms with E-state index in [2.05, 4.69) is 33.1 Å². The van der Waals surface area contributed by atoms with Crippen molar-refractivity contribution in [3.63, 3.8) is 0 Å². The lowest BCUT2D eigenvalue weighted by Crippen LogP contribution is -2.54. The van der Waals surface area contributed by atoms with Crippen LogP contribution in [0, 0.1) is 40.7 Å². The fourth-order valence-corrected chi connectivity index (χ4v) is 4.41. The second-order valence-corrected chi connectivity index (χ2v) is 11.0. The molecule has 0 aliphatic heterocycles. The minimum atomic E-state index is -1.44. The number of rotatable bonds is 17. The minimum absolute atomic E-state index is 0.0115. The van der Waals surface area contributed by atoms with Crippen molar-refractivity contribution < 1.29 is 48.3 Å². The van der Waals surface area contributed by atoms with Gasteiger partial charge in [0, 0.05) is 35.5 Å². The zero-order chi connectivity index (χ0) is 38.1. The predicted molar refractivity (Wildman–Crippen MR) is 181 cm³/mol. The Morgan fingerprint density at radius 1 is 1.00 bits per heavy atom. The molecule has 6 amide bonds. The number of primary amides is 1. The van der Waals surface area contributed by atoms with Crippen molar-refractivity contribution in [2.24, 2.45) is 11.7 Å². The Hall–Kier alpha value is -6.82. The van der Waals surface area contributed by atoms with E-state index in [1.54, 1.807) is 13.8 Å². The molecule has 18 heteroatoms.